The first kappa shape index (κ1) is 22.3. The summed E-state index contributed by atoms with van der Waals surface area (Å²) in [5, 5.41) is 12.6. The van der Waals surface area contributed by atoms with Crippen LogP contribution in [-0.2, 0) is 17.4 Å². The molecule has 1 heterocycles. The lowest BCUT2D eigenvalue weighted by molar-refractivity contribution is -0.139. The normalized spacial score (nSPS) is 11.7. The van der Waals surface area contributed by atoms with Crippen molar-refractivity contribution in [3.63, 3.8) is 0 Å². The lowest BCUT2D eigenvalue weighted by Gasteiger charge is -2.16. The van der Waals surface area contributed by atoms with Gasteiger partial charge in [-0.3, -0.25) is 4.79 Å². The Kier molecular flexibility index (Phi) is 6.33. The standard InChI is InChI=1S/C22H21F3N2O4/c1-12(2)30-18-8-6-15(11-17(18)22(23,24)25)20-26-21(31-27-20)16-7-4-14(10-13(16)3)5-9-19(28)29/h4,6-8,10-12H,5,9H2,1-3H3,(H,28,29). The van der Waals surface area contributed by atoms with Crippen LogP contribution in [0, 0.1) is 6.92 Å². The van der Waals surface area contributed by atoms with E-state index in [0.717, 1.165) is 17.2 Å². The number of aryl methyl sites for hydroxylation is 2. The fraction of sp³-hybridized carbons (Fsp3) is 0.318. The summed E-state index contributed by atoms with van der Waals surface area (Å²) in [6.45, 7) is 5.10. The van der Waals surface area contributed by atoms with Crippen LogP contribution < -0.4 is 4.74 Å². The van der Waals surface area contributed by atoms with Crippen LogP contribution in [-0.4, -0.2) is 27.3 Å². The second-order valence-electron chi connectivity index (χ2n) is 7.34. The zero-order valence-corrected chi connectivity index (χ0v) is 17.2. The first-order valence-electron chi connectivity index (χ1n) is 9.58. The van der Waals surface area contributed by atoms with Gasteiger partial charge in [-0.15, -0.1) is 0 Å². The van der Waals surface area contributed by atoms with Gasteiger partial charge >= 0.3 is 12.1 Å². The molecule has 0 aliphatic carbocycles. The Labute approximate surface area is 176 Å². The lowest BCUT2D eigenvalue weighted by Crippen LogP contribution is -2.13. The van der Waals surface area contributed by atoms with E-state index in [1.54, 1.807) is 26.0 Å². The van der Waals surface area contributed by atoms with Crippen LogP contribution in [0.4, 0.5) is 13.2 Å². The summed E-state index contributed by atoms with van der Waals surface area (Å²) in [4.78, 5) is 15.0. The molecule has 9 heteroatoms. The molecule has 0 saturated carbocycles. The molecule has 0 amide bonds. The molecule has 0 radical (unpaired) electrons. The molecule has 0 saturated heterocycles. The van der Waals surface area contributed by atoms with Gasteiger partial charge < -0.3 is 14.4 Å². The molecule has 3 rings (SSSR count). The minimum Gasteiger partial charge on any atom is -0.490 e. The average molecular weight is 434 g/mol. The maximum Gasteiger partial charge on any atom is 0.419 e. The molecule has 164 valence electrons. The molecule has 0 aliphatic heterocycles. The number of halogens is 3. The van der Waals surface area contributed by atoms with Crippen molar-refractivity contribution in [3.05, 3.63) is 53.1 Å². The molecule has 0 aliphatic rings. The van der Waals surface area contributed by atoms with Crippen molar-refractivity contribution in [1.29, 1.82) is 0 Å². The molecule has 1 N–H and O–H groups in total. The first-order valence-corrected chi connectivity index (χ1v) is 9.58. The molecule has 3 aromatic rings. The van der Waals surface area contributed by atoms with Crippen LogP contribution in [0.1, 0.15) is 37.0 Å². The molecular formula is C22H21F3N2O4. The van der Waals surface area contributed by atoms with Gasteiger partial charge in [-0.2, -0.15) is 18.2 Å². The van der Waals surface area contributed by atoms with Crippen molar-refractivity contribution in [2.45, 2.75) is 45.9 Å². The van der Waals surface area contributed by atoms with E-state index in [2.05, 4.69) is 10.1 Å². The quantitative estimate of drug-likeness (QED) is 0.526. The van der Waals surface area contributed by atoms with Gasteiger partial charge in [0.25, 0.3) is 5.89 Å². The second kappa shape index (κ2) is 8.79. The van der Waals surface area contributed by atoms with Crippen LogP contribution in [0.2, 0.25) is 0 Å². The van der Waals surface area contributed by atoms with Gasteiger partial charge in [0.15, 0.2) is 0 Å². The van der Waals surface area contributed by atoms with Crippen molar-refractivity contribution < 1.29 is 32.3 Å². The van der Waals surface area contributed by atoms with Crippen LogP contribution in [0.25, 0.3) is 22.8 Å². The zero-order valence-electron chi connectivity index (χ0n) is 17.2. The summed E-state index contributed by atoms with van der Waals surface area (Å²) < 4.78 is 51.0. The highest BCUT2D eigenvalue weighted by molar-refractivity contribution is 5.67. The number of carboxylic acids is 1. The topological polar surface area (TPSA) is 85.5 Å². The number of alkyl halides is 3. The third-order valence-corrected chi connectivity index (χ3v) is 4.48. The summed E-state index contributed by atoms with van der Waals surface area (Å²) in [6, 6.07) is 8.94. The largest absolute Gasteiger partial charge is 0.490 e. The molecule has 6 nitrogen and oxygen atoms in total. The third-order valence-electron chi connectivity index (χ3n) is 4.48. The van der Waals surface area contributed by atoms with Gasteiger partial charge in [0.2, 0.25) is 5.82 Å². The number of carboxylic acid groups (broad SMARTS) is 1. The molecule has 31 heavy (non-hydrogen) atoms. The number of carbonyl (C=O) groups is 1. The monoisotopic (exact) mass is 434 g/mol. The van der Waals surface area contributed by atoms with E-state index >= 15 is 0 Å². The van der Waals surface area contributed by atoms with Crippen molar-refractivity contribution in [3.8, 4) is 28.6 Å². The summed E-state index contributed by atoms with van der Waals surface area (Å²) in [6.07, 6.45) is -4.61. The molecule has 0 fully saturated rings. The van der Waals surface area contributed by atoms with Crippen LogP contribution >= 0.6 is 0 Å². The number of aromatic nitrogens is 2. The predicted octanol–water partition coefficient (Wildman–Crippen LogP) is 5.54. The van der Waals surface area contributed by atoms with Crippen molar-refractivity contribution in [2.24, 2.45) is 0 Å². The number of hydrogen-bond acceptors (Lipinski definition) is 5. The zero-order chi connectivity index (χ0) is 22.8. The fourth-order valence-corrected chi connectivity index (χ4v) is 3.07. The minimum absolute atomic E-state index is 0.0154. The van der Waals surface area contributed by atoms with Gasteiger partial charge in [-0.05, 0) is 62.6 Å². The average Bonchev–Trinajstić information content (AvgIpc) is 3.15. The fourth-order valence-electron chi connectivity index (χ4n) is 3.07. The van der Waals surface area contributed by atoms with Crippen molar-refractivity contribution in [1.82, 2.24) is 10.1 Å². The van der Waals surface area contributed by atoms with Crippen LogP contribution in [0.5, 0.6) is 5.75 Å². The van der Waals surface area contributed by atoms with E-state index in [1.807, 2.05) is 13.0 Å². The Balaban J connectivity index is 1.91. The van der Waals surface area contributed by atoms with Crippen molar-refractivity contribution in [2.75, 3.05) is 0 Å². The molecule has 0 atom stereocenters. The number of aliphatic carboxylic acids is 1. The number of nitrogens with zero attached hydrogens (tertiary/aromatic N) is 2. The van der Waals surface area contributed by atoms with E-state index < -0.39 is 23.8 Å². The maximum absolute atomic E-state index is 13.5. The molecular weight excluding hydrogens is 413 g/mol. The number of hydrogen-bond donors (Lipinski definition) is 1. The second-order valence-corrected chi connectivity index (χ2v) is 7.34. The Morgan fingerprint density at radius 1 is 1.19 bits per heavy atom. The van der Waals surface area contributed by atoms with Gasteiger partial charge in [-0.1, -0.05) is 17.3 Å². The molecule has 2 aromatic carbocycles. The van der Waals surface area contributed by atoms with E-state index in [4.69, 9.17) is 14.4 Å². The Morgan fingerprint density at radius 2 is 1.94 bits per heavy atom. The third kappa shape index (κ3) is 5.42. The predicted molar refractivity (Wildman–Crippen MR) is 107 cm³/mol. The highest BCUT2D eigenvalue weighted by Gasteiger charge is 2.35. The number of rotatable bonds is 7. The molecule has 0 unspecified atom stereocenters. The molecule has 1 aromatic heterocycles. The SMILES string of the molecule is Cc1cc(CCC(=O)O)ccc1-c1nc(-c2ccc(OC(C)C)c(C(F)(F)F)c2)no1. The maximum atomic E-state index is 13.5. The van der Waals surface area contributed by atoms with E-state index in [0.29, 0.717) is 12.0 Å². The highest BCUT2D eigenvalue weighted by Crippen LogP contribution is 2.39. The van der Waals surface area contributed by atoms with Gasteiger partial charge in [0, 0.05) is 17.5 Å². The van der Waals surface area contributed by atoms with Gasteiger partial charge in [0.1, 0.15) is 5.75 Å². The van der Waals surface area contributed by atoms with E-state index in [9.17, 15) is 18.0 Å². The smallest absolute Gasteiger partial charge is 0.419 e. The minimum atomic E-state index is -4.60. The summed E-state index contributed by atoms with van der Waals surface area (Å²) in [5.41, 5.74) is 1.49. The lowest BCUT2D eigenvalue weighted by atomic mass is 10.0. The Morgan fingerprint density at radius 3 is 2.55 bits per heavy atom. The summed E-state index contributed by atoms with van der Waals surface area (Å²) in [5.74, 6) is -0.964. The van der Waals surface area contributed by atoms with Gasteiger partial charge in [-0.25, -0.2) is 0 Å². The molecule has 0 bridgehead atoms. The van der Waals surface area contributed by atoms with Crippen LogP contribution in [0.15, 0.2) is 40.9 Å². The summed E-state index contributed by atoms with van der Waals surface area (Å²) in [7, 11) is 0. The van der Waals surface area contributed by atoms with E-state index in [-0.39, 0.29) is 29.4 Å². The highest BCUT2D eigenvalue weighted by atomic mass is 19.4. The van der Waals surface area contributed by atoms with Gasteiger partial charge in [0.05, 0.1) is 11.7 Å². The summed E-state index contributed by atoms with van der Waals surface area (Å²) >= 11 is 0. The van der Waals surface area contributed by atoms with Crippen LogP contribution in [0.3, 0.4) is 0 Å². The number of benzene rings is 2. The Bertz CT molecular complexity index is 1090. The van der Waals surface area contributed by atoms with Crippen molar-refractivity contribution >= 4 is 5.97 Å². The Hall–Kier alpha value is -3.36. The number of ether oxygens (including phenoxy) is 1. The molecule has 0 spiro atoms. The van der Waals surface area contributed by atoms with E-state index in [1.165, 1.54) is 12.1 Å². The first-order chi connectivity index (χ1) is 14.5.